The Morgan fingerprint density at radius 1 is 1.53 bits per heavy atom. The number of ether oxygens (including phenoxy) is 1. The number of carboxylic acids is 1. The number of benzene rings is 1. The number of carboxylic acid groups (broad SMARTS) is 1. The Hall–Kier alpha value is -2.21. The highest BCUT2D eigenvalue weighted by atomic mass is 19.1. The fourth-order valence-corrected chi connectivity index (χ4v) is 1.31. The van der Waals surface area contributed by atoms with Crippen molar-refractivity contribution in [1.82, 2.24) is 5.32 Å². The lowest BCUT2D eigenvalue weighted by Crippen LogP contribution is -2.37. The molecule has 1 aromatic rings. The van der Waals surface area contributed by atoms with E-state index in [4.69, 9.17) is 5.11 Å². The zero-order chi connectivity index (χ0) is 14.3. The molecule has 1 rings (SSSR count). The summed E-state index contributed by atoms with van der Waals surface area (Å²) in [6.07, 6.45) is 1.54. The monoisotopic (exact) mass is 267 g/mol. The van der Waals surface area contributed by atoms with Crippen molar-refractivity contribution in [3.63, 3.8) is 0 Å². The van der Waals surface area contributed by atoms with Gasteiger partial charge in [0.2, 0.25) is 5.91 Å². The van der Waals surface area contributed by atoms with E-state index >= 15 is 0 Å². The van der Waals surface area contributed by atoms with Gasteiger partial charge in [-0.2, -0.15) is 0 Å². The van der Waals surface area contributed by atoms with E-state index in [9.17, 15) is 14.0 Å². The summed E-state index contributed by atoms with van der Waals surface area (Å²) in [5, 5.41) is 11.1. The molecular formula is C13H14FNO4. The second-order valence-corrected chi connectivity index (χ2v) is 3.70. The van der Waals surface area contributed by atoms with Crippen LogP contribution in [0.1, 0.15) is 5.56 Å². The van der Waals surface area contributed by atoms with Gasteiger partial charge in [0.1, 0.15) is 5.82 Å². The largest absolute Gasteiger partial charge is 0.479 e. The summed E-state index contributed by atoms with van der Waals surface area (Å²) in [6, 6.07) is 5.74. The molecule has 5 nitrogen and oxygen atoms in total. The number of carbonyl (C=O) groups is 2. The smallest absolute Gasteiger partial charge is 0.334 e. The second-order valence-electron chi connectivity index (χ2n) is 3.70. The Bertz CT molecular complexity index is 487. The molecule has 0 radical (unpaired) electrons. The molecule has 6 heteroatoms. The van der Waals surface area contributed by atoms with Crippen molar-refractivity contribution in [1.29, 1.82) is 0 Å². The molecule has 1 unspecified atom stereocenters. The van der Waals surface area contributed by atoms with Gasteiger partial charge in [0.15, 0.2) is 6.10 Å². The molecule has 0 aliphatic heterocycles. The van der Waals surface area contributed by atoms with E-state index in [0.717, 1.165) is 0 Å². The zero-order valence-electron chi connectivity index (χ0n) is 10.3. The maximum atomic E-state index is 12.9. The number of nitrogens with one attached hydrogen (secondary N) is 1. The van der Waals surface area contributed by atoms with Gasteiger partial charge in [-0.05, 0) is 23.8 Å². The number of halogens is 1. The second kappa shape index (κ2) is 7.27. The van der Waals surface area contributed by atoms with Crippen molar-refractivity contribution in [2.75, 3.05) is 13.7 Å². The molecule has 0 spiro atoms. The molecule has 0 aliphatic rings. The van der Waals surface area contributed by atoms with Crippen LogP contribution in [0, 0.1) is 5.82 Å². The number of carbonyl (C=O) groups excluding carboxylic acids is 1. The first kappa shape index (κ1) is 14.8. The summed E-state index contributed by atoms with van der Waals surface area (Å²) in [5.74, 6) is -2.03. The third-order valence-electron chi connectivity index (χ3n) is 2.30. The van der Waals surface area contributed by atoms with Gasteiger partial charge in [0.05, 0.1) is 6.54 Å². The van der Waals surface area contributed by atoms with Gasteiger partial charge < -0.3 is 15.2 Å². The van der Waals surface area contributed by atoms with Crippen LogP contribution in [0.2, 0.25) is 0 Å². The highest BCUT2D eigenvalue weighted by Crippen LogP contribution is 2.05. The summed E-state index contributed by atoms with van der Waals surface area (Å²) in [4.78, 5) is 22.0. The lowest BCUT2D eigenvalue weighted by atomic mass is 10.2. The molecule has 0 saturated heterocycles. The minimum Gasteiger partial charge on any atom is -0.479 e. The molecule has 1 atom stereocenters. The molecule has 0 bridgehead atoms. The van der Waals surface area contributed by atoms with Crippen LogP contribution in [0.15, 0.2) is 30.3 Å². The average molecular weight is 267 g/mol. The summed E-state index contributed by atoms with van der Waals surface area (Å²) >= 11 is 0. The van der Waals surface area contributed by atoms with Crippen LogP contribution in [0.4, 0.5) is 4.39 Å². The molecule has 0 saturated carbocycles. The first-order valence-electron chi connectivity index (χ1n) is 5.50. The van der Waals surface area contributed by atoms with Crippen molar-refractivity contribution in [3.8, 4) is 0 Å². The lowest BCUT2D eigenvalue weighted by molar-refractivity contribution is -0.148. The van der Waals surface area contributed by atoms with Gasteiger partial charge in [-0.15, -0.1) is 0 Å². The number of amides is 1. The van der Waals surface area contributed by atoms with Crippen LogP contribution in [-0.4, -0.2) is 36.7 Å². The summed E-state index contributed by atoms with van der Waals surface area (Å²) in [5.41, 5.74) is 0.539. The van der Waals surface area contributed by atoms with E-state index in [1.165, 1.54) is 37.5 Å². The molecule has 0 aromatic heterocycles. The molecule has 0 fully saturated rings. The van der Waals surface area contributed by atoms with Crippen molar-refractivity contribution in [2.24, 2.45) is 0 Å². The van der Waals surface area contributed by atoms with E-state index in [-0.39, 0.29) is 6.54 Å². The normalized spacial score (nSPS) is 12.3. The fourth-order valence-electron chi connectivity index (χ4n) is 1.31. The maximum Gasteiger partial charge on any atom is 0.334 e. The number of hydrogen-bond acceptors (Lipinski definition) is 3. The number of methoxy groups -OCH3 is 1. The zero-order valence-corrected chi connectivity index (χ0v) is 10.3. The highest BCUT2D eigenvalue weighted by molar-refractivity contribution is 5.92. The van der Waals surface area contributed by atoms with E-state index < -0.39 is 23.8 Å². The van der Waals surface area contributed by atoms with Crippen LogP contribution < -0.4 is 5.32 Å². The summed E-state index contributed by atoms with van der Waals surface area (Å²) < 4.78 is 17.5. The van der Waals surface area contributed by atoms with Gasteiger partial charge in [0.25, 0.3) is 0 Å². The SMILES string of the molecule is COC(CNC(=O)/C=C/c1cccc(F)c1)C(=O)O. The molecular weight excluding hydrogens is 253 g/mol. The van der Waals surface area contributed by atoms with Gasteiger partial charge in [0, 0.05) is 13.2 Å². The van der Waals surface area contributed by atoms with Gasteiger partial charge in [-0.25, -0.2) is 9.18 Å². The van der Waals surface area contributed by atoms with Crippen LogP contribution in [0.25, 0.3) is 6.08 Å². The van der Waals surface area contributed by atoms with Gasteiger partial charge >= 0.3 is 5.97 Å². The molecule has 0 heterocycles. The van der Waals surface area contributed by atoms with Crippen molar-refractivity contribution in [3.05, 3.63) is 41.7 Å². The Kier molecular flexibility index (Phi) is 5.69. The van der Waals surface area contributed by atoms with E-state index in [1.807, 2.05) is 0 Å². The number of rotatable bonds is 6. The highest BCUT2D eigenvalue weighted by Gasteiger charge is 2.16. The Morgan fingerprint density at radius 3 is 2.84 bits per heavy atom. The van der Waals surface area contributed by atoms with Crippen molar-refractivity contribution < 1.29 is 23.8 Å². The Labute approximate surface area is 109 Å². The summed E-state index contributed by atoms with van der Waals surface area (Å²) in [6.45, 7) is -0.141. The van der Waals surface area contributed by atoms with Crippen LogP contribution >= 0.6 is 0 Å². The first-order chi connectivity index (χ1) is 9.02. The lowest BCUT2D eigenvalue weighted by Gasteiger charge is -2.09. The predicted octanol–water partition coefficient (Wildman–Crippen LogP) is 1.05. The number of hydrogen-bond donors (Lipinski definition) is 2. The Balaban J connectivity index is 2.49. The maximum absolute atomic E-state index is 12.9. The molecule has 19 heavy (non-hydrogen) atoms. The summed E-state index contributed by atoms with van der Waals surface area (Å²) in [7, 11) is 1.24. The van der Waals surface area contributed by atoms with E-state index in [0.29, 0.717) is 5.56 Å². The average Bonchev–Trinajstić information content (AvgIpc) is 2.37. The standard InChI is InChI=1S/C13H14FNO4/c1-19-11(13(17)18)8-15-12(16)6-5-9-3-2-4-10(14)7-9/h2-7,11H,8H2,1H3,(H,15,16)(H,17,18)/b6-5+. The quantitative estimate of drug-likeness (QED) is 0.755. The molecule has 1 amide bonds. The van der Waals surface area contributed by atoms with Gasteiger partial charge in [-0.1, -0.05) is 12.1 Å². The minimum absolute atomic E-state index is 0.141. The molecule has 0 aliphatic carbocycles. The third-order valence-corrected chi connectivity index (χ3v) is 2.30. The first-order valence-corrected chi connectivity index (χ1v) is 5.50. The molecule has 1 aromatic carbocycles. The van der Waals surface area contributed by atoms with Crippen LogP contribution in [-0.2, 0) is 14.3 Å². The predicted molar refractivity (Wildman–Crippen MR) is 66.9 cm³/mol. The molecule has 2 N–H and O–H groups in total. The van der Waals surface area contributed by atoms with Crippen molar-refractivity contribution >= 4 is 18.0 Å². The Morgan fingerprint density at radius 2 is 2.26 bits per heavy atom. The topological polar surface area (TPSA) is 75.6 Å². The number of aliphatic carboxylic acids is 1. The van der Waals surface area contributed by atoms with Crippen LogP contribution in [0.3, 0.4) is 0 Å². The van der Waals surface area contributed by atoms with E-state index in [2.05, 4.69) is 10.1 Å². The minimum atomic E-state index is -1.16. The fraction of sp³-hybridized carbons (Fsp3) is 0.231. The van der Waals surface area contributed by atoms with Crippen molar-refractivity contribution in [2.45, 2.75) is 6.10 Å². The van der Waals surface area contributed by atoms with E-state index in [1.54, 1.807) is 6.07 Å². The van der Waals surface area contributed by atoms with Crippen LogP contribution in [0.5, 0.6) is 0 Å². The molecule has 102 valence electrons. The third kappa shape index (κ3) is 5.31. The van der Waals surface area contributed by atoms with Gasteiger partial charge in [-0.3, -0.25) is 4.79 Å².